The van der Waals surface area contributed by atoms with Crippen LogP contribution in [-0.2, 0) is 9.59 Å². The van der Waals surface area contributed by atoms with Crippen molar-refractivity contribution < 1.29 is 23.9 Å². The number of hydrogen-bond donors (Lipinski definition) is 2. The number of benzene rings is 1. The molecule has 2 rings (SSSR count). The molecule has 1 aromatic rings. The van der Waals surface area contributed by atoms with E-state index in [-0.39, 0.29) is 18.0 Å². The third-order valence-electron chi connectivity index (χ3n) is 3.57. The van der Waals surface area contributed by atoms with E-state index in [0.29, 0.717) is 18.7 Å². The second-order valence-electron chi connectivity index (χ2n) is 5.26. The van der Waals surface area contributed by atoms with E-state index in [2.05, 4.69) is 5.32 Å². The highest BCUT2D eigenvalue weighted by Crippen LogP contribution is 2.23. The second-order valence-corrected chi connectivity index (χ2v) is 5.26. The number of nitrogens with one attached hydrogen (secondary N) is 1. The van der Waals surface area contributed by atoms with Crippen molar-refractivity contribution in [2.24, 2.45) is 5.92 Å². The number of rotatable bonds is 5. The first-order valence-electron chi connectivity index (χ1n) is 7.01. The van der Waals surface area contributed by atoms with Crippen molar-refractivity contribution in [3.63, 3.8) is 0 Å². The summed E-state index contributed by atoms with van der Waals surface area (Å²) in [6, 6.07) is 3.91. The molecule has 2 amide bonds. The molecule has 1 heterocycles. The molecular formula is C15H17FN2O4. The maximum absolute atomic E-state index is 13.8. The fourth-order valence-electron chi connectivity index (χ4n) is 2.20. The van der Waals surface area contributed by atoms with Crippen LogP contribution in [0, 0.1) is 11.7 Å². The van der Waals surface area contributed by atoms with E-state index in [1.807, 2.05) is 0 Å². The minimum Gasteiger partial charge on any atom is -0.481 e. The van der Waals surface area contributed by atoms with Gasteiger partial charge in [0.2, 0.25) is 5.91 Å². The molecule has 1 aliphatic heterocycles. The number of anilines is 1. The van der Waals surface area contributed by atoms with Crippen LogP contribution < -0.4 is 10.2 Å². The van der Waals surface area contributed by atoms with Crippen LogP contribution in [-0.4, -0.2) is 36.0 Å². The molecule has 0 aliphatic carbocycles. The molecule has 22 heavy (non-hydrogen) atoms. The van der Waals surface area contributed by atoms with Gasteiger partial charge in [-0.15, -0.1) is 0 Å². The van der Waals surface area contributed by atoms with E-state index >= 15 is 0 Å². The van der Waals surface area contributed by atoms with Crippen LogP contribution in [0.2, 0.25) is 0 Å². The van der Waals surface area contributed by atoms with Crippen LogP contribution in [0.3, 0.4) is 0 Å². The first-order chi connectivity index (χ1) is 10.4. The number of nitrogens with zero attached hydrogens (tertiary/aromatic N) is 1. The van der Waals surface area contributed by atoms with Crippen LogP contribution >= 0.6 is 0 Å². The first-order valence-corrected chi connectivity index (χ1v) is 7.01. The summed E-state index contributed by atoms with van der Waals surface area (Å²) in [4.78, 5) is 35.9. The molecule has 0 radical (unpaired) electrons. The molecule has 0 spiro atoms. The number of carbonyl (C=O) groups is 3. The highest BCUT2D eigenvalue weighted by atomic mass is 19.1. The summed E-state index contributed by atoms with van der Waals surface area (Å²) in [5, 5.41) is 11.2. The van der Waals surface area contributed by atoms with Gasteiger partial charge in [0.1, 0.15) is 5.82 Å². The molecule has 0 unspecified atom stereocenters. The van der Waals surface area contributed by atoms with Crippen LogP contribution in [0.25, 0.3) is 0 Å². The Morgan fingerprint density at radius 3 is 2.77 bits per heavy atom. The van der Waals surface area contributed by atoms with Crippen LogP contribution in [0.4, 0.5) is 10.1 Å². The number of aliphatic carboxylic acids is 1. The summed E-state index contributed by atoms with van der Waals surface area (Å²) in [5.41, 5.74) is 0.273. The van der Waals surface area contributed by atoms with Gasteiger partial charge in [-0.2, -0.15) is 0 Å². The van der Waals surface area contributed by atoms with Gasteiger partial charge in [-0.25, -0.2) is 4.39 Å². The smallest absolute Gasteiger partial charge is 0.308 e. The zero-order valence-electron chi connectivity index (χ0n) is 12.1. The molecule has 2 N–H and O–H groups in total. The van der Waals surface area contributed by atoms with Gasteiger partial charge in [0.25, 0.3) is 5.91 Å². The Morgan fingerprint density at radius 2 is 2.18 bits per heavy atom. The molecule has 1 saturated heterocycles. The Labute approximate surface area is 126 Å². The molecular weight excluding hydrogens is 291 g/mol. The van der Waals surface area contributed by atoms with Gasteiger partial charge in [0, 0.05) is 25.2 Å². The quantitative estimate of drug-likeness (QED) is 0.861. The topological polar surface area (TPSA) is 86.7 Å². The molecule has 6 nitrogen and oxygen atoms in total. The highest BCUT2D eigenvalue weighted by Gasteiger charge is 2.24. The van der Waals surface area contributed by atoms with Crippen molar-refractivity contribution >= 4 is 23.5 Å². The van der Waals surface area contributed by atoms with Crippen molar-refractivity contribution in [2.45, 2.75) is 19.8 Å². The Hall–Kier alpha value is -2.44. The van der Waals surface area contributed by atoms with E-state index < -0.39 is 23.6 Å². The number of hydrogen-bond acceptors (Lipinski definition) is 3. The van der Waals surface area contributed by atoms with Crippen molar-refractivity contribution in [3.8, 4) is 0 Å². The second kappa shape index (κ2) is 6.55. The summed E-state index contributed by atoms with van der Waals surface area (Å²) in [5.74, 6) is -3.28. The molecule has 0 aromatic heterocycles. The maximum atomic E-state index is 13.8. The predicted molar refractivity (Wildman–Crippen MR) is 77.1 cm³/mol. The number of carboxylic acid groups (broad SMARTS) is 1. The molecule has 1 atom stereocenters. The zero-order valence-corrected chi connectivity index (χ0v) is 12.1. The third-order valence-corrected chi connectivity index (χ3v) is 3.57. The molecule has 1 aliphatic rings. The third kappa shape index (κ3) is 3.41. The predicted octanol–water partition coefficient (Wildman–Crippen LogP) is 1.40. The molecule has 0 saturated carbocycles. The van der Waals surface area contributed by atoms with Gasteiger partial charge in [0.15, 0.2) is 0 Å². The zero-order chi connectivity index (χ0) is 16.3. The van der Waals surface area contributed by atoms with E-state index in [4.69, 9.17) is 5.11 Å². The number of amides is 2. The summed E-state index contributed by atoms with van der Waals surface area (Å²) in [6.07, 6.45) is 1.17. The number of halogens is 1. The van der Waals surface area contributed by atoms with E-state index in [1.165, 1.54) is 24.0 Å². The highest BCUT2D eigenvalue weighted by molar-refractivity contribution is 5.99. The van der Waals surface area contributed by atoms with Crippen LogP contribution in [0.5, 0.6) is 0 Å². The Kier molecular flexibility index (Phi) is 4.75. The van der Waals surface area contributed by atoms with Crippen molar-refractivity contribution in [1.29, 1.82) is 0 Å². The summed E-state index contributed by atoms with van der Waals surface area (Å²) in [7, 11) is 0. The van der Waals surface area contributed by atoms with Gasteiger partial charge in [0.05, 0.1) is 11.5 Å². The lowest BCUT2D eigenvalue weighted by Crippen LogP contribution is -2.32. The minimum absolute atomic E-state index is 0.0579. The summed E-state index contributed by atoms with van der Waals surface area (Å²) < 4.78 is 13.8. The van der Waals surface area contributed by atoms with Gasteiger partial charge in [-0.3, -0.25) is 14.4 Å². The Morgan fingerprint density at radius 1 is 1.45 bits per heavy atom. The monoisotopic (exact) mass is 308 g/mol. The SMILES string of the molecule is C[C@H](CNC(=O)c1cc(N2CCCC2=O)ccc1F)C(=O)O. The van der Waals surface area contributed by atoms with E-state index in [9.17, 15) is 18.8 Å². The average molecular weight is 308 g/mol. The Balaban J connectivity index is 2.14. The van der Waals surface area contributed by atoms with Crippen molar-refractivity contribution in [1.82, 2.24) is 5.32 Å². The van der Waals surface area contributed by atoms with Crippen LogP contribution in [0.1, 0.15) is 30.1 Å². The lowest BCUT2D eigenvalue weighted by Gasteiger charge is -2.17. The molecule has 118 valence electrons. The Bertz CT molecular complexity index is 618. The minimum atomic E-state index is -1.04. The lowest BCUT2D eigenvalue weighted by atomic mass is 10.1. The lowest BCUT2D eigenvalue weighted by molar-refractivity contribution is -0.140. The molecule has 0 bridgehead atoms. The largest absolute Gasteiger partial charge is 0.481 e. The summed E-state index contributed by atoms with van der Waals surface area (Å²) >= 11 is 0. The number of carbonyl (C=O) groups excluding carboxylic acids is 2. The van der Waals surface area contributed by atoms with Gasteiger partial charge < -0.3 is 15.3 Å². The van der Waals surface area contributed by atoms with Gasteiger partial charge >= 0.3 is 5.97 Å². The fraction of sp³-hybridized carbons (Fsp3) is 0.400. The molecule has 1 fully saturated rings. The molecule has 7 heteroatoms. The van der Waals surface area contributed by atoms with Crippen molar-refractivity contribution in [2.75, 3.05) is 18.0 Å². The van der Waals surface area contributed by atoms with E-state index in [1.54, 1.807) is 0 Å². The normalized spacial score (nSPS) is 15.7. The van der Waals surface area contributed by atoms with E-state index in [0.717, 1.165) is 12.5 Å². The first kappa shape index (κ1) is 15.9. The van der Waals surface area contributed by atoms with Gasteiger partial charge in [-0.05, 0) is 24.6 Å². The standard InChI is InChI=1S/C15H17FN2O4/c1-9(15(21)22)8-17-14(20)11-7-10(4-5-12(11)16)18-6-2-3-13(18)19/h4-5,7,9H,2-3,6,8H2,1H3,(H,17,20)(H,21,22)/t9-/m1/s1. The van der Waals surface area contributed by atoms with Gasteiger partial charge in [-0.1, -0.05) is 6.92 Å². The maximum Gasteiger partial charge on any atom is 0.308 e. The van der Waals surface area contributed by atoms with Crippen molar-refractivity contribution in [3.05, 3.63) is 29.6 Å². The van der Waals surface area contributed by atoms with Crippen LogP contribution in [0.15, 0.2) is 18.2 Å². The fourth-order valence-corrected chi connectivity index (χ4v) is 2.20. The molecule has 1 aromatic carbocycles. The number of carboxylic acids is 1. The average Bonchev–Trinajstić information content (AvgIpc) is 2.91. The summed E-state index contributed by atoms with van der Waals surface area (Å²) in [6.45, 7) is 1.89.